The summed E-state index contributed by atoms with van der Waals surface area (Å²) in [5.74, 6) is -0.0586. The molecule has 134 valence electrons. The predicted octanol–water partition coefficient (Wildman–Crippen LogP) is 3.13. The van der Waals surface area contributed by atoms with Crippen molar-refractivity contribution >= 4 is 28.5 Å². The zero-order valence-electron chi connectivity index (χ0n) is 14.5. The molecule has 1 unspecified atom stereocenters. The molecule has 0 spiro atoms. The Bertz CT molecular complexity index is 959. The van der Waals surface area contributed by atoms with Crippen LogP contribution in [0.5, 0.6) is 0 Å². The first-order valence-electron chi connectivity index (χ1n) is 8.70. The molecule has 4 rings (SSSR count). The standard InChI is InChI=1S/C19H20N4O3/c1-12(24)21-16-9-20-22-18(16)13-5-4-8-23(10-13)19(25)15-11-26-17-7-3-2-6-14(15)17/h2-3,6-7,9,11,13H,4-5,8,10H2,1H3,(H,20,22)(H,21,24). The van der Waals surface area contributed by atoms with Gasteiger partial charge in [-0.2, -0.15) is 5.10 Å². The van der Waals surface area contributed by atoms with Crippen molar-refractivity contribution in [2.75, 3.05) is 18.4 Å². The van der Waals surface area contributed by atoms with Crippen LogP contribution >= 0.6 is 0 Å². The molecule has 0 radical (unpaired) electrons. The first-order chi connectivity index (χ1) is 12.6. The molecule has 1 atom stereocenters. The topological polar surface area (TPSA) is 91.2 Å². The van der Waals surface area contributed by atoms with Gasteiger partial charge in [-0.1, -0.05) is 18.2 Å². The van der Waals surface area contributed by atoms with Crippen LogP contribution in [0.3, 0.4) is 0 Å². The van der Waals surface area contributed by atoms with Crippen LogP contribution in [0.15, 0.2) is 41.1 Å². The zero-order chi connectivity index (χ0) is 18.1. The number of likely N-dealkylation sites (tertiary alicyclic amines) is 1. The van der Waals surface area contributed by atoms with E-state index in [0.717, 1.165) is 23.9 Å². The van der Waals surface area contributed by atoms with Crippen molar-refractivity contribution in [1.82, 2.24) is 15.1 Å². The minimum Gasteiger partial charge on any atom is -0.463 e. The number of rotatable bonds is 3. The second kappa shape index (κ2) is 6.67. The van der Waals surface area contributed by atoms with Crippen LogP contribution < -0.4 is 5.32 Å². The van der Waals surface area contributed by atoms with E-state index in [4.69, 9.17) is 4.42 Å². The number of aromatic amines is 1. The minimum absolute atomic E-state index is 0.0276. The van der Waals surface area contributed by atoms with Gasteiger partial charge in [-0.05, 0) is 18.9 Å². The average Bonchev–Trinajstić information content (AvgIpc) is 3.27. The van der Waals surface area contributed by atoms with Gasteiger partial charge in [-0.25, -0.2) is 0 Å². The molecule has 0 saturated carbocycles. The van der Waals surface area contributed by atoms with Gasteiger partial charge in [0.05, 0.1) is 23.1 Å². The van der Waals surface area contributed by atoms with Gasteiger partial charge in [-0.3, -0.25) is 14.7 Å². The first-order valence-corrected chi connectivity index (χ1v) is 8.70. The molecule has 2 amide bonds. The molecule has 1 aliphatic rings. The number of piperidine rings is 1. The fourth-order valence-electron chi connectivity index (χ4n) is 3.61. The molecule has 3 heterocycles. The number of anilines is 1. The van der Waals surface area contributed by atoms with Gasteiger partial charge in [0.15, 0.2) is 0 Å². The van der Waals surface area contributed by atoms with Gasteiger partial charge in [0.2, 0.25) is 5.91 Å². The number of aromatic nitrogens is 2. The number of nitrogens with one attached hydrogen (secondary N) is 2. The van der Waals surface area contributed by atoms with Crippen LogP contribution in [-0.2, 0) is 4.79 Å². The number of fused-ring (bicyclic) bond motifs is 1. The molecule has 2 N–H and O–H groups in total. The van der Waals surface area contributed by atoms with E-state index in [1.807, 2.05) is 29.2 Å². The summed E-state index contributed by atoms with van der Waals surface area (Å²) in [5.41, 5.74) is 2.86. The molecule has 1 fully saturated rings. The fourth-order valence-corrected chi connectivity index (χ4v) is 3.61. The summed E-state index contributed by atoms with van der Waals surface area (Å²) in [4.78, 5) is 26.2. The van der Waals surface area contributed by atoms with E-state index in [1.54, 1.807) is 6.20 Å². The van der Waals surface area contributed by atoms with Crippen LogP contribution in [0.1, 0.15) is 41.7 Å². The number of nitrogens with zero attached hydrogens (tertiary/aromatic N) is 2. The van der Waals surface area contributed by atoms with Crippen molar-refractivity contribution in [3.8, 4) is 0 Å². The molecule has 0 bridgehead atoms. The van der Waals surface area contributed by atoms with Gasteiger partial charge in [0.1, 0.15) is 11.8 Å². The smallest absolute Gasteiger partial charge is 0.257 e. The summed E-state index contributed by atoms with van der Waals surface area (Å²) >= 11 is 0. The quantitative estimate of drug-likeness (QED) is 0.757. The van der Waals surface area contributed by atoms with Crippen LogP contribution in [0.2, 0.25) is 0 Å². The van der Waals surface area contributed by atoms with E-state index in [-0.39, 0.29) is 17.7 Å². The highest BCUT2D eigenvalue weighted by atomic mass is 16.3. The lowest BCUT2D eigenvalue weighted by Gasteiger charge is -2.32. The number of furan rings is 1. The van der Waals surface area contributed by atoms with Gasteiger partial charge in [0, 0.05) is 31.3 Å². The highest BCUT2D eigenvalue weighted by molar-refractivity contribution is 6.06. The highest BCUT2D eigenvalue weighted by Gasteiger charge is 2.29. The van der Waals surface area contributed by atoms with E-state index in [0.29, 0.717) is 29.9 Å². The first kappa shape index (κ1) is 16.4. The molecule has 1 aromatic carbocycles. The van der Waals surface area contributed by atoms with Gasteiger partial charge in [-0.15, -0.1) is 0 Å². The number of amides is 2. The summed E-state index contributed by atoms with van der Waals surface area (Å²) in [7, 11) is 0. The normalized spacial score (nSPS) is 17.4. The highest BCUT2D eigenvalue weighted by Crippen LogP contribution is 2.32. The maximum Gasteiger partial charge on any atom is 0.257 e. The Balaban J connectivity index is 1.56. The van der Waals surface area contributed by atoms with Crippen LogP contribution in [0.4, 0.5) is 5.69 Å². The average molecular weight is 352 g/mol. The third-order valence-electron chi connectivity index (χ3n) is 4.81. The summed E-state index contributed by atoms with van der Waals surface area (Å²) < 4.78 is 5.51. The second-order valence-corrected chi connectivity index (χ2v) is 6.61. The van der Waals surface area contributed by atoms with Gasteiger partial charge >= 0.3 is 0 Å². The van der Waals surface area contributed by atoms with Gasteiger partial charge in [0.25, 0.3) is 5.91 Å². The largest absolute Gasteiger partial charge is 0.463 e. The molecule has 26 heavy (non-hydrogen) atoms. The number of hydrogen-bond acceptors (Lipinski definition) is 4. The maximum atomic E-state index is 13.0. The zero-order valence-corrected chi connectivity index (χ0v) is 14.5. The molecule has 3 aromatic rings. The van der Waals surface area contributed by atoms with E-state index < -0.39 is 0 Å². The Kier molecular flexibility index (Phi) is 4.20. The Morgan fingerprint density at radius 2 is 2.19 bits per heavy atom. The van der Waals surface area contributed by atoms with Crippen molar-refractivity contribution in [3.63, 3.8) is 0 Å². The van der Waals surface area contributed by atoms with Crippen LogP contribution in [-0.4, -0.2) is 40.0 Å². The van der Waals surface area contributed by atoms with Gasteiger partial charge < -0.3 is 14.6 Å². The van der Waals surface area contributed by atoms with E-state index in [1.165, 1.54) is 13.2 Å². The molecule has 7 nitrogen and oxygen atoms in total. The number of benzene rings is 1. The van der Waals surface area contributed by atoms with Crippen molar-refractivity contribution in [2.24, 2.45) is 0 Å². The Morgan fingerprint density at radius 1 is 1.35 bits per heavy atom. The van der Waals surface area contributed by atoms with E-state index in [2.05, 4.69) is 15.5 Å². The minimum atomic E-state index is -0.138. The lowest BCUT2D eigenvalue weighted by molar-refractivity contribution is -0.114. The second-order valence-electron chi connectivity index (χ2n) is 6.61. The molecular formula is C19H20N4O3. The summed E-state index contributed by atoms with van der Waals surface area (Å²) in [6.07, 6.45) is 4.98. The molecular weight excluding hydrogens is 332 g/mol. The lowest BCUT2D eigenvalue weighted by Crippen LogP contribution is -2.39. The Morgan fingerprint density at radius 3 is 3.04 bits per heavy atom. The number of H-pyrrole nitrogens is 1. The monoisotopic (exact) mass is 352 g/mol. The van der Waals surface area contributed by atoms with Crippen LogP contribution in [0, 0.1) is 0 Å². The van der Waals surface area contributed by atoms with E-state index >= 15 is 0 Å². The molecule has 7 heteroatoms. The molecule has 2 aromatic heterocycles. The van der Waals surface area contributed by atoms with Crippen molar-refractivity contribution in [3.05, 3.63) is 48.0 Å². The van der Waals surface area contributed by atoms with Crippen molar-refractivity contribution < 1.29 is 14.0 Å². The summed E-state index contributed by atoms with van der Waals surface area (Å²) in [6, 6.07) is 7.55. The number of carbonyl (C=O) groups excluding carboxylic acids is 2. The molecule has 1 aliphatic heterocycles. The van der Waals surface area contributed by atoms with Crippen molar-refractivity contribution in [1.29, 1.82) is 0 Å². The SMILES string of the molecule is CC(=O)Nc1cn[nH]c1C1CCCN(C(=O)c2coc3ccccc23)C1. The van der Waals surface area contributed by atoms with Crippen molar-refractivity contribution in [2.45, 2.75) is 25.7 Å². The number of para-hydroxylation sites is 1. The predicted molar refractivity (Wildman–Crippen MR) is 97.0 cm³/mol. The lowest BCUT2D eigenvalue weighted by atomic mass is 9.93. The van der Waals surface area contributed by atoms with E-state index in [9.17, 15) is 9.59 Å². The Labute approximate surface area is 150 Å². The summed E-state index contributed by atoms with van der Waals surface area (Å²) in [6.45, 7) is 2.75. The third-order valence-corrected chi connectivity index (χ3v) is 4.81. The third kappa shape index (κ3) is 2.96. The molecule has 0 aliphatic carbocycles. The number of carbonyl (C=O) groups is 2. The number of hydrogen-bond donors (Lipinski definition) is 2. The molecule has 1 saturated heterocycles. The Hall–Kier alpha value is -3.09. The summed E-state index contributed by atoms with van der Waals surface area (Å²) in [5, 5.41) is 10.7. The van der Waals surface area contributed by atoms with Crippen LogP contribution in [0.25, 0.3) is 11.0 Å². The maximum absolute atomic E-state index is 13.0. The fraction of sp³-hybridized carbons (Fsp3) is 0.316.